The van der Waals surface area contributed by atoms with E-state index in [2.05, 4.69) is 5.32 Å². The van der Waals surface area contributed by atoms with Crippen molar-refractivity contribution in [1.29, 1.82) is 0 Å². The van der Waals surface area contributed by atoms with Gasteiger partial charge in [-0.1, -0.05) is 48.9 Å². The lowest BCUT2D eigenvalue weighted by molar-refractivity contribution is -0.141. The third kappa shape index (κ3) is 4.52. The number of amides is 3. The topological polar surface area (TPSA) is 104 Å². The third-order valence-electron chi connectivity index (χ3n) is 5.55. The molecule has 0 saturated heterocycles. The molecule has 0 fully saturated rings. The van der Waals surface area contributed by atoms with Crippen molar-refractivity contribution in [3.63, 3.8) is 0 Å². The Morgan fingerprint density at radius 2 is 1.75 bits per heavy atom. The van der Waals surface area contributed by atoms with Crippen molar-refractivity contribution < 1.29 is 22.8 Å². The molecule has 0 aliphatic carbocycles. The molecule has 3 rings (SSSR count). The number of likely N-dealkylation sites (N-methyl/N-ethyl adjacent to an activating group) is 1. The van der Waals surface area contributed by atoms with E-state index >= 15 is 0 Å². The number of nitrogens with zero attached hydrogens (tertiary/aromatic N) is 2. The molecule has 0 spiro atoms. The molecule has 1 aliphatic heterocycles. The first kappa shape index (κ1) is 23.5. The van der Waals surface area contributed by atoms with E-state index in [9.17, 15) is 22.8 Å². The van der Waals surface area contributed by atoms with E-state index in [1.807, 2.05) is 31.2 Å². The van der Waals surface area contributed by atoms with E-state index in [1.54, 1.807) is 19.1 Å². The molecule has 32 heavy (non-hydrogen) atoms. The van der Waals surface area contributed by atoms with Crippen LogP contribution in [0.25, 0.3) is 0 Å². The van der Waals surface area contributed by atoms with Crippen molar-refractivity contribution in [3.8, 4) is 0 Å². The van der Waals surface area contributed by atoms with E-state index in [4.69, 9.17) is 0 Å². The molecule has 2 aromatic rings. The van der Waals surface area contributed by atoms with Gasteiger partial charge in [-0.2, -0.15) is 0 Å². The predicted octanol–water partition coefficient (Wildman–Crippen LogP) is 2.08. The van der Waals surface area contributed by atoms with Crippen molar-refractivity contribution >= 4 is 27.7 Å². The fourth-order valence-corrected chi connectivity index (χ4v) is 5.34. The standard InChI is InChI=1S/C23H27N3O5S/c1-4-19(22(28)24-3)25(15-17-11-9-16(2)10-12-17)21(27)13-14-26-23(29)18-7-5-6-8-20(18)32(26,30)31/h5-12,19H,4,13-15H2,1-3H3,(H,24,28)/t19-/m0/s1. The summed E-state index contributed by atoms with van der Waals surface area (Å²) in [6.45, 7) is 3.67. The van der Waals surface area contributed by atoms with Crippen LogP contribution in [0.3, 0.4) is 0 Å². The molecule has 1 heterocycles. The largest absolute Gasteiger partial charge is 0.357 e. The maximum atomic E-state index is 13.2. The predicted molar refractivity (Wildman–Crippen MR) is 119 cm³/mol. The molecular formula is C23H27N3O5S. The number of rotatable bonds is 8. The van der Waals surface area contributed by atoms with Gasteiger partial charge in [-0.15, -0.1) is 0 Å². The van der Waals surface area contributed by atoms with Crippen LogP contribution in [0.4, 0.5) is 0 Å². The zero-order valence-electron chi connectivity index (χ0n) is 18.4. The number of carbonyl (C=O) groups excluding carboxylic acids is 3. The van der Waals surface area contributed by atoms with E-state index in [-0.39, 0.29) is 35.9 Å². The van der Waals surface area contributed by atoms with Crippen LogP contribution < -0.4 is 5.32 Å². The Morgan fingerprint density at radius 1 is 1.09 bits per heavy atom. The summed E-state index contributed by atoms with van der Waals surface area (Å²) in [6.07, 6.45) is 0.169. The highest BCUT2D eigenvalue weighted by molar-refractivity contribution is 7.90. The first-order valence-corrected chi connectivity index (χ1v) is 11.9. The Labute approximate surface area is 188 Å². The number of nitrogens with one attached hydrogen (secondary N) is 1. The summed E-state index contributed by atoms with van der Waals surface area (Å²) in [5.41, 5.74) is 2.03. The van der Waals surface area contributed by atoms with Gasteiger partial charge in [0.2, 0.25) is 11.8 Å². The SMILES string of the molecule is CC[C@@H](C(=O)NC)N(Cc1ccc(C)cc1)C(=O)CCN1C(=O)c2ccccc2S1(=O)=O. The maximum Gasteiger partial charge on any atom is 0.269 e. The average molecular weight is 458 g/mol. The molecule has 9 heteroatoms. The Morgan fingerprint density at radius 3 is 2.34 bits per heavy atom. The summed E-state index contributed by atoms with van der Waals surface area (Å²) in [5.74, 6) is -1.35. The first-order valence-electron chi connectivity index (χ1n) is 10.4. The summed E-state index contributed by atoms with van der Waals surface area (Å²) in [5, 5.41) is 2.58. The molecule has 0 bridgehead atoms. The van der Waals surface area contributed by atoms with Gasteiger partial charge in [-0.3, -0.25) is 14.4 Å². The molecule has 170 valence electrons. The summed E-state index contributed by atoms with van der Waals surface area (Å²) in [4.78, 5) is 39.6. The van der Waals surface area contributed by atoms with Crippen LogP contribution in [-0.4, -0.2) is 55.0 Å². The first-order chi connectivity index (χ1) is 15.2. The molecule has 2 aromatic carbocycles. The number of hydrogen-bond acceptors (Lipinski definition) is 5. The fourth-order valence-electron chi connectivity index (χ4n) is 3.77. The number of benzene rings is 2. The Hall–Kier alpha value is -3.20. The van der Waals surface area contributed by atoms with Crippen molar-refractivity contribution in [2.75, 3.05) is 13.6 Å². The monoisotopic (exact) mass is 457 g/mol. The van der Waals surface area contributed by atoms with Crippen LogP contribution in [0.1, 0.15) is 41.3 Å². The van der Waals surface area contributed by atoms with Gasteiger partial charge in [-0.25, -0.2) is 12.7 Å². The minimum absolute atomic E-state index is 0.0502. The van der Waals surface area contributed by atoms with E-state index < -0.39 is 27.9 Å². The van der Waals surface area contributed by atoms with E-state index in [1.165, 1.54) is 24.1 Å². The van der Waals surface area contributed by atoms with Crippen molar-refractivity contribution in [2.24, 2.45) is 0 Å². The van der Waals surface area contributed by atoms with Gasteiger partial charge < -0.3 is 10.2 Å². The number of sulfonamides is 1. The maximum absolute atomic E-state index is 13.2. The molecule has 3 amide bonds. The molecular weight excluding hydrogens is 430 g/mol. The van der Waals surface area contributed by atoms with Crippen LogP contribution in [0.2, 0.25) is 0 Å². The lowest BCUT2D eigenvalue weighted by Crippen LogP contribution is -2.49. The Bertz CT molecular complexity index is 1130. The van der Waals surface area contributed by atoms with Gasteiger partial charge in [0.25, 0.3) is 15.9 Å². The average Bonchev–Trinajstić information content (AvgIpc) is 2.98. The van der Waals surface area contributed by atoms with Crippen LogP contribution in [-0.2, 0) is 26.2 Å². The number of aryl methyl sites for hydroxylation is 1. The van der Waals surface area contributed by atoms with Crippen LogP contribution in [0.5, 0.6) is 0 Å². The van der Waals surface area contributed by atoms with Crippen molar-refractivity contribution in [2.45, 2.75) is 44.2 Å². The summed E-state index contributed by atoms with van der Waals surface area (Å²) >= 11 is 0. The van der Waals surface area contributed by atoms with E-state index in [0.717, 1.165) is 15.4 Å². The van der Waals surface area contributed by atoms with Gasteiger partial charge in [0, 0.05) is 26.6 Å². The van der Waals surface area contributed by atoms with Crippen molar-refractivity contribution in [3.05, 3.63) is 65.2 Å². The van der Waals surface area contributed by atoms with Crippen LogP contribution in [0, 0.1) is 6.92 Å². The Kier molecular flexibility index (Phi) is 6.98. The van der Waals surface area contributed by atoms with Gasteiger partial charge >= 0.3 is 0 Å². The molecule has 0 aromatic heterocycles. The lowest BCUT2D eigenvalue weighted by atomic mass is 10.1. The summed E-state index contributed by atoms with van der Waals surface area (Å²) < 4.78 is 26.3. The second-order valence-electron chi connectivity index (χ2n) is 7.67. The molecule has 0 unspecified atom stereocenters. The number of carbonyl (C=O) groups is 3. The van der Waals surface area contributed by atoms with Gasteiger partial charge in [0.1, 0.15) is 10.9 Å². The van der Waals surface area contributed by atoms with E-state index in [0.29, 0.717) is 6.42 Å². The minimum atomic E-state index is -3.99. The van der Waals surface area contributed by atoms with Gasteiger partial charge in [0.15, 0.2) is 0 Å². The number of fused-ring (bicyclic) bond motifs is 1. The minimum Gasteiger partial charge on any atom is -0.357 e. The molecule has 1 atom stereocenters. The molecule has 1 N–H and O–H groups in total. The second kappa shape index (κ2) is 9.52. The zero-order chi connectivity index (χ0) is 23.5. The van der Waals surface area contributed by atoms with Crippen molar-refractivity contribution in [1.82, 2.24) is 14.5 Å². The summed E-state index contributed by atoms with van der Waals surface area (Å²) in [7, 11) is -2.49. The Balaban J connectivity index is 1.81. The number of hydrogen-bond donors (Lipinski definition) is 1. The van der Waals surface area contributed by atoms with Gasteiger partial charge in [-0.05, 0) is 31.0 Å². The smallest absolute Gasteiger partial charge is 0.269 e. The molecule has 0 saturated carbocycles. The molecule has 8 nitrogen and oxygen atoms in total. The third-order valence-corrected chi connectivity index (χ3v) is 7.39. The zero-order valence-corrected chi connectivity index (χ0v) is 19.2. The highest BCUT2D eigenvalue weighted by Gasteiger charge is 2.41. The fraction of sp³-hybridized carbons (Fsp3) is 0.348. The van der Waals surface area contributed by atoms with Crippen LogP contribution in [0.15, 0.2) is 53.4 Å². The highest BCUT2D eigenvalue weighted by atomic mass is 32.2. The molecule has 1 aliphatic rings. The molecule has 0 radical (unpaired) electrons. The lowest BCUT2D eigenvalue weighted by Gasteiger charge is -2.30. The van der Waals surface area contributed by atoms with Gasteiger partial charge in [0.05, 0.1) is 5.56 Å². The highest BCUT2D eigenvalue weighted by Crippen LogP contribution is 2.30. The second-order valence-corrected chi connectivity index (χ2v) is 9.50. The quantitative estimate of drug-likeness (QED) is 0.654. The van der Waals surface area contributed by atoms with Crippen LogP contribution >= 0.6 is 0 Å². The summed E-state index contributed by atoms with van der Waals surface area (Å²) in [6, 6.07) is 12.9. The normalized spacial score (nSPS) is 15.2.